The van der Waals surface area contributed by atoms with E-state index in [1.54, 1.807) is 19.1 Å². The van der Waals surface area contributed by atoms with E-state index >= 15 is 0 Å². The van der Waals surface area contributed by atoms with Gasteiger partial charge in [0.1, 0.15) is 17.7 Å². The first kappa shape index (κ1) is 37.2. The molecule has 49 heavy (non-hydrogen) atoms. The van der Waals surface area contributed by atoms with Crippen LogP contribution in [0.4, 0.5) is 0 Å². The lowest BCUT2D eigenvalue weighted by molar-refractivity contribution is -0.163. The summed E-state index contributed by atoms with van der Waals surface area (Å²) in [7, 11) is 1.50. The Morgan fingerprint density at radius 2 is 1.90 bits per heavy atom. The monoisotopic (exact) mass is 743 g/mol. The van der Waals surface area contributed by atoms with Crippen molar-refractivity contribution in [1.82, 2.24) is 15.1 Å². The highest BCUT2D eigenvalue weighted by Crippen LogP contribution is 2.61. The first-order chi connectivity index (χ1) is 23.6. The van der Waals surface area contributed by atoms with Crippen molar-refractivity contribution in [2.75, 3.05) is 26.9 Å². The molecule has 1 unspecified atom stereocenters. The van der Waals surface area contributed by atoms with Crippen LogP contribution < -0.4 is 5.32 Å². The second-order valence-electron chi connectivity index (χ2n) is 13.7. The van der Waals surface area contributed by atoms with E-state index < -0.39 is 59.6 Å². The van der Waals surface area contributed by atoms with Gasteiger partial charge < -0.3 is 34.4 Å². The van der Waals surface area contributed by atoms with Gasteiger partial charge in [0.15, 0.2) is 0 Å². The van der Waals surface area contributed by atoms with Crippen molar-refractivity contribution >= 4 is 39.6 Å². The number of methoxy groups -OCH3 is 1. The van der Waals surface area contributed by atoms with Crippen molar-refractivity contribution < 1.29 is 38.5 Å². The number of allylic oxidation sites excluding steroid dienone is 1. The van der Waals surface area contributed by atoms with Crippen molar-refractivity contribution in [2.24, 2.45) is 11.8 Å². The molecule has 1 spiro atoms. The summed E-state index contributed by atoms with van der Waals surface area (Å²) in [4.78, 5) is 59.6. The summed E-state index contributed by atoms with van der Waals surface area (Å²) in [6.45, 7) is 9.32. The number of likely N-dealkylation sites (tertiary alicyclic amines) is 1. The standard InChI is InChI=1S/C37H50BrN3O8/c1-5-7-18-28(43)39-27(22-47-4)31(24-14-10-8-11-15-24)48-36(46)29-30-34(44)41(23(3)21-42)33(37(30)20-26(38)32(29)49-37)35(45)40(19-6-2)25-16-12-9-13-17-25/h5-6,8,10-11,14-15,23,25-27,29-33,42H,1-2,7,9,12-13,16-22H2,3-4H3,(H,39,43)/t23-,26?,27+,29+,30-,31+,32+,33+,37-/m1/s1. The summed E-state index contributed by atoms with van der Waals surface area (Å²) in [5.74, 6) is -3.60. The van der Waals surface area contributed by atoms with E-state index in [1.165, 1.54) is 12.0 Å². The SMILES string of the molecule is C=CCCC(=O)N[C@@H](COC)[C@@H](OC(=O)[C@@H]1[C@H]2O[C@@]3(CC2Br)[C@H](C(=O)N(CC=C)C2CCCCC2)N([C@H](C)CO)C(=O)[C@@H]13)c1ccccc1. The van der Waals surface area contributed by atoms with Gasteiger partial charge >= 0.3 is 5.97 Å². The molecule has 3 heterocycles. The number of fused-ring (bicyclic) bond motifs is 1. The van der Waals surface area contributed by atoms with Crippen molar-refractivity contribution in [3.05, 3.63) is 61.2 Å². The molecule has 5 rings (SSSR count). The number of hydrogen-bond acceptors (Lipinski definition) is 8. The molecule has 12 heteroatoms. The van der Waals surface area contributed by atoms with Crippen molar-refractivity contribution in [3.63, 3.8) is 0 Å². The summed E-state index contributed by atoms with van der Waals surface area (Å²) >= 11 is 3.73. The van der Waals surface area contributed by atoms with Gasteiger partial charge in [-0.25, -0.2) is 0 Å². The Morgan fingerprint density at radius 1 is 1.18 bits per heavy atom. The number of benzene rings is 1. The molecular formula is C37H50BrN3O8. The molecule has 4 fully saturated rings. The molecule has 1 aromatic carbocycles. The predicted octanol–water partition coefficient (Wildman–Crippen LogP) is 3.84. The van der Waals surface area contributed by atoms with E-state index in [2.05, 4.69) is 34.4 Å². The van der Waals surface area contributed by atoms with Gasteiger partial charge in [-0.05, 0) is 38.2 Å². The quantitative estimate of drug-likeness (QED) is 0.148. The van der Waals surface area contributed by atoms with Gasteiger partial charge in [-0.3, -0.25) is 19.2 Å². The number of carbonyl (C=O) groups is 4. The van der Waals surface area contributed by atoms with Gasteiger partial charge in [-0.15, -0.1) is 13.2 Å². The Hall–Kier alpha value is -3.06. The minimum absolute atomic E-state index is 0.00116. The zero-order chi connectivity index (χ0) is 35.3. The number of aliphatic hydroxyl groups excluding tert-OH is 1. The van der Waals surface area contributed by atoms with Crippen LogP contribution in [0.5, 0.6) is 0 Å². The van der Waals surface area contributed by atoms with Gasteiger partial charge in [-0.2, -0.15) is 0 Å². The van der Waals surface area contributed by atoms with E-state index in [0.29, 0.717) is 24.9 Å². The molecular weight excluding hydrogens is 694 g/mol. The number of aliphatic hydroxyl groups is 1. The van der Waals surface area contributed by atoms with Crippen LogP contribution in [0.1, 0.15) is 70.0 Å². The number of ether oxygens (including phenoxy) is 3. The highest BCUT2D eigenvalue weighted by atomic mass is 79.9. The number of hydrogen-bond donors (Lipinski definition) is 2. The number of nitrogens with one attached hydrogen (secondary N) is 1. The lowest BCUT2D eigenvalue weighted by atomic mass is 9.70. The molecule has 1 saturated carbocycles. The molecule has 268 valence electrons. The summed E-state index contributed by atoms with van der Waals surface area (Å²) < 4.78 is 18.5. The summed E-state index contributed by atoms with van der Waals surface area (Å²) in [5, 5.41) is 13.3. The third-order valence-corrected chi connectivity index (χ3v) is 11.4. The molecule has 3 amide bonds. The maximum atomic E-state index is 14.8. The zero-order valence-electron chi connectivity index (χ0n) is 28.5. The average molecular weight is 745 g/mol. The number of nitrogens with zero attached hydrogens (tertiary/aromatic N) is 2. The number of esters is 1. The minimum atomic E-state index is -1.30. The fourth-order valence-corrected chi connectivity index (χ4v) is 9.35. The molecule has 4 aliphatic rings. The van der Waals surface area contributed by atoms with Gasteiger partial charge in [0.05, 0.1) is 43.2 Å². The first-order valence-electron chi connectivity index (χ1n) is 17.4. The van der Waals surface area contributed by atoms with Gasteiger partial charge in [-0.1, -0.05) is 77.7 Å². The molecule has 2 N–H and O–H groups in total. The normalized spacial score (nSPS) is 29.5. The maximum Gasteiger partial charge on any atom is 0.313 e. The third-order valence-electron chi connectivity index (χ3n) is 10.6. The van der Waals surface area contributed by atoms with Crippen LogP contribution >= 0.6 is 15.9 Å². The van der Waals surface area contributed by atoms with Crippen LogP contribution in [0.3, 0.4) is 0 Å². The van der Waals surface area contributed by atoms with Gasteiger partial charge in [0.2, 0.25) is 17.7 Å². The third kappa shape index (κ3) is 7.25. The van der Waals surface area contributed by atoms with Crippen LogP contribution in [0.15, 0.2) is 55.6 Å². The summed E-state index contributed by atoms with van der Waals surface area (Å²) in [6, 6.07) is 6.63. The maximum absolute atomic E-state index is 14.8. The molecule has 11 nitrogen and oxygen atoms in total. The van der Waals surface area contributed by atoms with E-state index in [4.69, 9.17) is 14.2 Å². The molecule has 9 atom stereocenters. The number of rotatable bonds is 16. The fraction of sp³-hybridized carbons (Fsp3) is 0.622. The van der Waals surface area contributed by atoms with Crippen molar-refractivity contribution in [3.8, 4) is 0 Å². The summed E-state index contributed by atoms with van der Waals surface area (Å²) in [6.07, 6.45) is 7.57. The first-order valence-corrected chi connectivity index (χ1v) is 18.4. The molecule has 3 saturated heterocycles. The highest BCUT2D eigenvalue weighted by Gasteiger charge is 2.77. The largest absolute Gasteiger partial charge is 0.455 e. The van der Waals surface area contributed by atoms with Crippen LogP contribution in [-0.2, 0) is 33.4 Å². The number of carbonyl (C=O) groups excluding carboxylic acids is 4. The van der Waals surface area contributed by atoms with Gasteiger partial charge in [0, 0.05) is 30.9 Å². The number of alkyl halides is 1. The average Bonchev–Trinajstić information content (AvgIpc) is 3.71. The van der Waals surface area contributed by atoms with E-state index in [9.17, 15) is 24.3 Å². The van der Waals surface area contributed by atoms with Crippen molar-refractivity contribution in [1.29, 1.82) is 0 Å². The smallest absolute Gasteiger partial charge is 0.313 e. The number of amides is 3. The Labute approximate surface area is 297 Å². The Balaban J connectivity index is 1.50. The zero-order valence-corrected chi connectivity index (χ0v) is 30.1. The predicted molar refractivity (Wildman–Crippen MR) is 186 cm³/mol. The van der Waals surface area contributed by atoms with Crippen LogP contribution in [0.2, 0.25) is 0 Å². The molecule has 2 bridgehead atoms. The van der Waals surface area contributed by atoms with E-state index in [0.717, 1.165) is 32.1 Å². The second kappa shape index (κ2) is 16.3. The topological polar surface area (TPSA) is 135 Å². The lowest BCUT2D eigenvalue weighted by Gasteiger charge is -2.42. The fourth-order valence-electron chi connectivity index (χ4n) is 8.41. The van der Waals surface area contributed by atoms with Crippen LogP contribution in [0.25, 0.3) is 0 Å². The van der Waals surface area contributed by atoms with E-state index in [-0.39, 0.29) is 42.3 Å². The van der Waals surface area contributed by atoms with Crippen LogP contribution in [0, 0.1) is 11.8 Å². The molecule has 1 aromatic rings. The Morgan fingerprint density at radius 3 is 2.53 bits per heavy atom. The number of halogens is 1. The highest BCUT2D eigenvalue weighted by molar-refractivity contribution is 9.09. The Kier molecular flexibility index (Phi) is 12.4. The Bertz CT molecular complexity index is 1370. The summed E-state index contributed by atoms with van der Waals surface area (Å²) in [5.41, 5.74) is -0.661. The molecule has 0 radical (unpaired) electrons. The van der Waals surface area contributed by atoms with Crippen LogP contribution in [-0.4, -0.2) is 106 Å². The molecule has 0 aromatic heterocycles. The van der Waals surface area contributed by atoms with Crippen molar-refractivity contribution in [2.45, 2.75) is 105 Å². The second-order valence-corrected chi connectivity index (χ2v) is 14.9. The van der Waals surface area contributed by atoms with E-state index in [1.807, 2.05) is 35.2 Å². The molecule has 3 aliphatic heterocycles. The lowest BCUT2D eigenvalue weighted by Crippen LogP contribution is -2.60. The molecule has 1 aliphatic carbocycles. The van der Waals surface area contributed by atoms with Gasteiger partial charge in [0.25, 0.3) is 0 Å². The minimum Gasteiger partial charge on any atom is -0.455 e.